The number of aromatic nitrogens is 1. The Balaban J connectivity index is 1.22. The van der Waals surface area contributed by atoms with E-state index >= 15 is 0 Å². The third-order valence-corrected chi connectivity index (χ3v) is 6.10. The molecule has 0 unspecified atom stereocenters. The molecule has 0 bridgehead atoms. The minimum absolute atomic E-state index is 0.242. The van der Waals surface area contributed by atoms with Crippen molar-refractivity contribution in [2.75, 3.05) is 24.7 Å². The van der Waals surface area contributed by atoms with Gasteiger partial charge in [0, 0.05) is 35.1 Å². The molecule has 1 amide bonds. The minimum atomic E-state index is -0.242. The molecular weight excluding hydrogens is 470 g/mol. The van der Waals surface area contributed by atoms with E-state index in [9.17, 15) is 4.79 Å². The second-order valence-corrected chi connectivity index (χ2v) is 8.69. The molecule has 0 radical (unpaired) electrons. The number of hydrogen-bond acceptors (Lipinski definition) is 5. The van der Waals surface area contributed by atoms with E-state index in [1.54, 1.807) is 24.5 Å². The van der Waals surface area contributed by atoms with Crippen LogP contribution < -0.4 is 19.7 Å². The third kappa shape index (κ3) is 6.24. The number of amides is 1. The molecule has 0 saturated carbocycles. The van der Waals surface area contributed by atoms with E-state index in [0.717, 1.165) is 48.4 Å². The second-order valence-electron chi connectivity index (χ2n) is 7.86. The van der Waals surface area contributed by atoms with Crippen molar-refractivity contribution in [3.05, 3.63) is 83.1 Å². The summed E-state index contributed by atoms with van der Waals surface area (Å²) in [6.45, 7) is 2.01. The van der Waals surface area contributed by atoms with Crippen LogP contribution in [0.2, 0.25) is 5.02 Å². The van der Waals surface area contributed by atoms with Crippen LogP contribution in [-0.2, 0) is 6.42 Å². The van der Waals surface area contributed by atoms with Crippen LogP contribution in [-0.4, -0.2) is 35.8 Å². The Morgan fingerprint density at radius 1 is 1.00 bits per heavy atom. The summed E-state index contributed by atoms with van der Waals surface area (Å²) in [6, 6.07) is 16.7. The van der Waals surface area contributed by atoms with Gasteiger partial charge in [0.2, 0.25) is 0 Å². The molecular formula is C26H26ClN3O3S. The Morgan fingerprint density at radius 3 is 2.50 bits per heavy atom. The number of ether oxygens (including phenoxy) is 2. The quantitative estimate of drug-likeness (QED) is 0.315. The van der Waals surface area contributed by atoms with Crippen molar-refractivity contribution in [2.24, 2.45) is 0 Å². The average Bonchev–Trinajstić information content (AvgIpc) is 3.30. The summed E-state index contributed by atoms with van der Waals surface area (Å²) in [7, 11) is 0. The lowest BCUT2D eigenvalue weighted by molar-refractivity contribution is 0.0977. The van der Waals surface area contributed by atoms with Crippen molar-refractivity contribution in [3.63, 3.8) is 0 Å². The van der Waals surface area contributed by atoms with Crippen LogP contribution >= 0.6 is 23.8 Å². The summed E-state index contributed by atoms with van der Waals surface area (Å²) >= 11 is 11.4. The lowest BCUT2D eigenvalue weighted by Crippen LogP contribution is -2.41. The van der Waals surface area contributed by atoms with Gasteiger partial charge in [-0.15, -0.1) is 0 Å². The van der Waals surface area contributed by atoms with Gasteiger partial charge in [-0.25, -0.2) is 0 Å². The van der Waals surface area contributed by atoms with Gasteiger partial charge in [0.05, 0.1) is 18.9 Å². The first-order valence-electron chi connectivity index (χ1n) is 11.3. The van der Waals surface area contributed by atoms with Crippen molar-refractivity contribution in [3.8, 4) is 11.5 Å². The van der Waals surface area contributed by atoms with Crippen LogP contribution in [0.25, 0.3) is 0 Å². The van der Waals surface area contributed by atoms with Crippen molar-refractivity contribution in [2.45, 2.75) is 25.7 Å². The summed E-state index contributed by atoms with van der Waals surface area (Å²) in [5, 5.41) is 3.91. The Morgan fingerprint density at radius 2 is 1.74 bits per heavy atom. The highest BCUT2D eigenvalue weighted by molar-refractivity contribution is 7.80. The number of anilines is 1. The molecule has 0 saturated heterocycles. The number of hydrogen-bond donors (Lipinski definition) is 1. The van der Waals surface area contributed by atoms with Gasteiger partial charge in [-0.3, -0.25) is 15.1 Å². The van der Waals surface area contributed by atoms with Crippen LogP contribution in [0.15, 0.2) is 67.0 Å². The van der Waals surface area contributed by atoms with Gasteiger partial charge in [0.25, 0.3) is 5.91 Å². The molecule has 1 N–H and O–H groups in total. The fraction of sp³-hybridized carbons (Fsp3) is 0.269. The summed E-state index contributed by atoms with van der Waals surface area (Å²) in [4.78, 5) is 18.3. The van der Waals surface area contributed by atoms with Gasteiger partial charge >= 0.3 is 0 Å². The number of carbonyl (C=O) groups excluding carboxylic acids is 1. The van der Waals surface area contributed by atoms with Gasteiger partial charge < -0.3 is 14.4 Å². The van der Waals surface area contributed by atoms with Crippen molar-refractivity contribution < 1.29 is 14.3 Å². The third-order valence-electron chi connectivity index (χ3n) is 5.52. The fourth-order valence-corrected chi connectivity index (χ4v) is 4.18. The average molecular weight is 496 g/mol. The number of thiocarbonyl (C=S) groups is 1. The highest BCUT2D eigenvalue weighted by atomic mass is 35.5. The zero-order valence-electron chi connectivity index (χ0n) is 18.7. The number of benzene rings is 2. The zero-order chi connectivity index (χ0) is 23.8. The Bertz CT molecular complexity index is 1130. The molecule has 4 rings (SSSR count). The summed E-state index contributed by atoms with van der Waals surface area (Å²) < 4.78 is 11.8. The summed E-state index contributed by atoms with van der Waals surface area (Å²) in [5.74, 6) is 1.47. The van der Waals surface area contributed by atoms with E-state index in [4.69, 9.17) is 33.3 Å². The number of pyridine rings is 1. The van der Waals surface area contributed by atoms with Crippen LogP contribution in [0.1, 0.15) is 35.2 Å². The Hall–Kier alpha value is -3.16. The second kappa shape index (κ2) is 11.8. The van der Waals surface area contributed by atoms with E-state index in [1.165, 1.54) is 0 Å². The molecule has 0 aliphatic carbocycles. The SMILES string of the molecule is O=C(NC(=S)N1CCc2c(OCCCCCOc3ccc(Cl)cc3)cccc21)c1ccncc1. The molecule has 2 aromatic carbocycles. The number of carbonyl (C=O) groups is 1. The van der Waals surface area contributed by atoms with Crippen LogP contribution in [0.3, 0.4) is 0 Å². The molecule has 1 aliphatic heterocycles. The number of nitrogens with zero attached hydrogens (tertiary/aromatic N) is 2. The molecule has 1 aliphatic rings. The van der Waals surface area contributed by atoms with Gasteiger partial charge in [0.15, 0.2) is 5.11 Å². The standard InChI is InChI=1S/C26H26ClN3O3S/c27-20-7-9-21(10-8-20)32-17-2-1-3-18-33-24-6-4-5-23-22(24)13-16-30(23)26(34)29-25(31)19-11-14-28-15-12-19/h4-12,14-15H,1-3,13,16-18H2,(H,29,31,34). The van der Waals surface area contributed by atoms with Gasteiger partial charge in [-0.1, -0.05) is 17.7 Å². The van der Waals surface area contributed by atoms with E-state index in [2.05, 4.69) is 10.3 Å². The van der Waals surface area contributed by atoms with E-state index in [1.807, 2.05) is 47.4 Å². The van der Waals surface area contributed by atoms with Crippen molar-refractivity contribution in [1.82, 2.24) is 10.3 Å². The summed E-state index contributed by atoms with van der Waals surface area (Å²) in [6.07, 6.45) is 6.89. The number of halogens is 1. The highest BCUT2D eigenvalue weighted by Gasteiger charge is 2.26. The maximum atomic E-state index is 12.4. The van der Waals surface area contributed by atoms with Crippen LogP contribution in [0.4, 0.5) is 5.69 Å². The monoisotopic (exact) mass is 495 g/mol. The smallest absolute Gasteiger partial charge is 0.257 e. The lowest BCUT2D eigenvalue weighted by Gasteiger charge is -2.21. The lowest BCUT2D eigenvalue weighted by atomic mass is 10.1. The number of fused-ring (bicyclic) bond motifs is 1. The molecule has 1 aromatic heterocycles. The maximum absolute atomic E-state index is 12.4. The molecule has 176 valence electrons. The molecule has 3 aromatic rings. The normalized spacial score (nSPS) is 12.2. The highest BCUT2D eigenvalue weighted by Crippen LogP contribution is 2.35. The maximum Gasteiger partial charge on any atom is 0.257 e. The zero-order valence-corrected chi connectivity index (χ0v) is 20.3. The van der Waals surface area contributed by atoms with Crippen LogP contribution in [0.5, 0.6) is 11.5 Å². The van der Waals surface area contributed by atoms with Crippen molar-refractivity contribution >= 4 is 40.5 Å². The summed E-state index contributed by atoms with van der Waals surface area (Å²) in [5.41, 5.74) is 2.62. The largest absolute Gasteiger partial charge is 0.494 e. The Kier molecular flexibility index (Phi) is 8.33. The van der Waals surface area contributed by atoms with Crippen LogP contribution in [0, 0.1) is 0 Å². The molecule has 0 atom stereocenters. The topological polar surface area (TPSA) is 63.7 Å². The van der Waals surface area contributed by atoms with Gasteiger partial charge in [-0.05, 0) is 86.4 Å². The van der Waals surface area contributed by atoms with Crippen molar-refractivity contribution in [1.29, 1.82) is 0 Å². The number of unbranched alkanes of at least 4 members (excludes halogenated alkanes) is 2. The first-order chi connectivity index (χ1) is 16.6. The minimum Gasteiger partial charge on any atom is -0.494 e. The van der Waals surface area contributed by atoms with Gasteiger partial charge in [0.1, 0.15) is 11.5 Å². The van der Waals surface area contributed by atoms with Gasteiger partial charge in [-0.2, -0.15) is 0 Å². The molecule has 8 heteroatoms. The first kappa shape index (κ1) is 24.0. The van der Waals surface area contributed by atoms with E-state index in [0.29, 0.717) is 35.5 Å². The van der Waals surface area contributed by atoms with E-state index < -0.39 is 0 Å². The predicted octanol–water partition coefficient (Wildman–Crippen LogP) is 5.44. The van der Waals surface area contributed by atoms with E-state index in [-0.39, 0.29) is 5.91 Å². The molecule has 0 fully saturated rings. The Labute approximate surface area is 209 Å². The molecule has 2 heterocycles. The fourth-order valence-electron chi connectivity index (χ4n) is 3.77. The number of rotatable bonds is 9. The predicted molar refractivity (Wildman–Crippen MR) is 138 cm³/mol. The first-order valence-corrected chi connectivity index (χ1v) is 12.1. The molecule has 0 spiro atoms. The molecule has 6 nitrogen and oxygen atoms in total. The number of nitrogens with one attached hydrogen (secondary N) is 1. The molecule has 34 heavy (non-hydrogen) atoms.